The Bertz CT molecular complexity index is 162. The Balaban J connectivity index is 2.12. The molecule has 2 atom stereocenters. The second kappa shape index (κ2) is 2.61. The molecule has 0 aromatic rings. The SMILES string of the molecule is C=C1CC2CCC(C1)C2NO. The van der Waals surface area contributed by atoms with Crippen LogP contribution in [0.5, 0.6) is 0 Å². The maximum atomic E-state index is 8.88. The molecule has 0 aromatic heterocycles. The summed E-state index contributed by atoms with van der Waals surface area (Å²) < 4.78 is 0. The molecule has 2 N–H and O–H groups in total. The molecule has 0 aromatic carbocycles. The smallest absolute Gasteiger partial charge is 0.0382 e. The van der Waals surface area contributed by atoms with E-state index in [1.165, 1.54) is 18.4 Å². The second-order valence-corrected chi connectivity index (χ2v) is 3.91. The first-order valence-electron chi connectivity index (χ1n) is 4.37. The molecular weight excluding hydrogens is 138 g/mol. The highest BCUT2D eigenvalue weighted by Crippen LogP contribution is 2.43. The van der Waals surface area contributed by atoms with Gasteiger partial charge in [0.25, 0.3) is 0 Å². The molecule has 2 fully saturated rings. The van der Waals surface area contributed by atoms with Gasteiger partial charge in [0.05, 0.1) is 0 Å². The zero-order valence-electron chi connectivity index (χ0n) is 6.71. The van der Waals surface area contributed by atoms with Crippen molar-refractivity contribution in [2.45, 2.75) is 31.7 Å². The molecule has 2 aliphatic carbocycles. The highest BCUT2D eigenvalue weighted by atomic mass is 16.5. The summed E-state index contributed by atoms with van der Waals surface area (Å²) in [6.07, 6.45) is 4.77. The van der Waals surface area contributed by atoms with Gasteiger partial charge in [-0.25, -0.2) is 5.48 Å². The third kappa shape index (κ3) is 1.10. The van der Waals surface area contributed by atoms with Crippen molar-refractivity contribution >= 4 is 0 Å². The van der Waals surface area contributed by atoms with Gasteiger partial charge in [0.1, 0.15) is 0 Å². The van der Waals surface area contributed by atoms with Gasteiger partial charge in [0.2, 0.25) is 0 Å². The van der Waals surface area contributed by atoms with Gasteiger partial charge in [-0.15, -0.1) is 0 Å². The number of hydroxylamine groups is 1. The van der Waals surface area contributed by atoms with Crippen LogP contribution in [-0.4, -0.2) is 11.2 Å². The first kappa shape index (κ1) is 7.32. The summed E-state index contributed by atoms with van der Waals surface area (Å²) in [5.74, 6) is 1.32. The Kier molecular flexibility index (Phi) is 1.74. The fourth-order valence-electron chi connectivity index (χ4n) is 2.67. The van der Waals surface area contributed by atoms with E-state index in [2.05, 4.69) is 12.1 Å². The molecule has 2 heteroatoms. The third-order valence-corrected chi connectivity index (χ3v) is 3.17. The monoisotopic (exact) mass is 153 g/mol. The summed E-state index contributed by atoms with van der Waals surface area (Å²) in [5, 5.41) is 8.88. The highest BCUT2D eigenvalue weighted by Gasteiger charge is 2.39. The molecule has 0 saturated heterocycles. The number of hydrogen-bond donors (Lipinski definition) is 2. The molecule has 2 nitrogen and oxygen atoms in total. The van der Waals surface area contributed by atoms with E-state index in [0.29, 0.717) is 17.9 Å². The quantitative estimate of drug-likeness (QED) is 0.444. The van der Waals surface area contributed by atoms with Crippen molar-refractivity contribution in [1.29, 1.82) is 0 Å². The maximum absolute atomic E-state index is 8.88. The molecular formula is C9H15NO. The zero-order valence-corrected chi connectivity index (χ0v) is 6.71. The molecule has 11 heavy (non-hydrogen) atoms. The summed E-state index contributed by atoms with van der Waals surface area (Å²) in [4.78, 5) is 0. The molecule has 0 spiro atoms. The van der Waals surface area contributed by atoms with Gasteiger partial charge >= 0.3 is 0 Å². The van der Waals surface area contributed by atoms with Crippen LogP contribution in [0.2, 0.25) is 0 Å². The summed E-state index contributed by atoms with van der Waals surface area (Å²) in [5.41, 5.74) is 3.82. The number of rotatable bonds is 1. The van der Waals surface area contributed by atoms with Crippen LogP contribution in [0.1, 0.15) is 25.7 Å². The van der Waals surface area contributed by atoms with E-state index in [1.807, 2.05) is 0 Å². The van der Waals surface area contributed by atoms with Gasteiger partial charge < -0.3 is 5.21 Å². The lowest BCUT2D eigenvalue weighted by molar-refractivity contribution is 0.0795. The Hall–Kier alpha value is -0.340. The van der Waals surface area contributed by atoms with Crippen molar-refractivity contribution in [2.75, 3.05) is 0 Å². The van der Waals surface area contributed by atoms with Gasteiger partial charge in [0, 0.05) is 6.04 Å². The minimum Gasteiger partial charge on any atom is -0.317 e. The topological polar surface area (TPSA) is 32.3 Å². The van der Waals surface area contributed by atoms with Crippen LogP contribution in [-0.2, 0) is 0 Å². The van der Waals surface area contributed by atoms with Crippen LogP contribution in [0.3, 0.4) is 0 Å². The normalized spacial score (nSPS) is 43.0. The van der Waals surface area contributed by atoms with Crippen molar-refractivity contribution in [1.82, 2.24) is 5.48 Å². The third-order valence-electron chi connectivity index (χ3n) is 3.17. The first-order valence-corrected chi connectivity index (χ1v) is 4.37. The average molecular weight is 153 g/mol. The number of fused-ring (bicyclic) bond motifs is 2. The van der Waals surface area contributed by atoms with Gasteiger partial charge in [-0.1, -0.05) is 12.2 Å². The summed E-state index contributed by atoms with van der Waals surface area (Å²) in [7, 11) is 0. The van der Waals surface area contributed by atoms with Crippen LogP contribution in [0.25, 0.3) is 0 Å². The van der Waals surface area contributed by atoms with Crippen molar-refractivity contribution in [3.05, 3.63) is 12.2 Å². The standard InChI is InChI=1S/C9H15NO/c1-6-4-7-2-3-8(5-6)9(7)10-11/h7-11H,1-5H2. The summed E-state index contributed by atoms with van der Waals surface area (Å²) in [6, 6.07) is 0.362. The predicted molar refractivity (Wildman–Crippen MR) is 43.3 cm³/mol. The minimum atomic E-state index is 0.362. The van der Waals surface area contributed by atoms with Crippen molar-refractivity contribution in [3.63, 3.8) is 0 Å². The molecule has 2 saturated carbocycles. The van der Waals surface area contributed by atoms with Gasteiger partial charge in [-0.05, 0) is 37.5 Å². The van der Waals surface area contributed by atoms with E-state index in [9.17, 15) is 0 Å². The summed E-state index contributed by atoms with van der Waals surface area (Å²) >= 11 is 0. The minimum absolute atomic E-state index is 0.362. The van der Waals surface area contributed by atoms with Gasteiger partial charge in [0.15, 0.2) is 0 Å². The molecule has 0 aliphatic heterocycles. The van der Waals surface area contributed by atoms with E-state index in [-0.39, 0.29) is 0 Å². The van der Waals surface area contributed by atoms with E-state index in [4.69, 9.17) is 5.21 Å². The van der Waals surface area contributed by atoms with Crippen molar-refractivity contribution in [3.8, 4) is 0 Å². The molecule has 2 unspecified atom stereocenters. The molecule has 0 amide bonds. The zero-order chi connectivity index (χ0) is 7.84. The lowest BCUT2D eigenvalue weighted by atomic mass is 9.82. The van der Waals surface area contributed by atoms with Crippen molar-refractivity contribution < 1.29 is 5.21 Å². The lowest BCUT2D eigenvalue weighted by Crippen LogP contribution is -2.38. The molecule has 2 bridgehead atoms. The number of allylic oxidation sites excluding steroid dienone is 1. The molecule has 62 valence electrons. The van der Waals surface area contributed by atoms with E-state index in [0.717, 1.165) is 12.8 Å². The molecule has 2 aliphatic rings. The van der Waals surface area contributed by atoms with Crippen LogP contribution in [0.15, 0.2) is 12.2 Å². The van der Waals surface area contributed by atoms with Crippen LogP contribution in [0, 0.1) is 11.8 Å². The fourth-order valence-corrected chi connectivity index (χ4v) is 2.67. The number of nitrogens with one attached hydrogen (secondary N) is 1. The Labute approximate surface area is 67.3 Å². The molecule has 2 rings (SSSR count). The van der Waals surface area contributed by atoms with Crippen LogP contribution in [0.4, 0.5) is 0 Å². The maximum Gasteiger partial charge on any atom is 0.0382 e. The summed E-state index contributed by atoms with van der Waals surface area (Å²) in [6.45, 7) is 4.01. The van der Waals surface area contributed by atoms with Crippen LogP contribution >= 0.6 is 0 Å². The Morgan fingerprint density at radius 2 is 1.82 bits per heavy atom. The average Bonchev–Trinajstić information content (AvgIpc) is 2.23. The second-order valence-electron chi connectivity index (χ2n) is 3.91. The van der Waals surface area contributed by atoms with Crippen molar-refractivity contribution in [2.24, 2.45) is 11.8 Å². The largest absolute Gasteiger partial charge is 0.317 e. The molecule has 0 heterocycles. The van der Waals surface area contributed by atoms with E-state index in [1.54, 1.807) is 0 Å². The highest BCUT2D eigenvalue weighted by molar-refractivity contribution is 5.09. The van der Waals surface area contributed by atoms with Gasteiger partial charge in [-0.3, -0.25) is 0 Å². The predicted octanol–water partition coefficient (Wildman–Crippen LogP) is 1.71. The molecule has 0 radical (unpaired) electrons. The first-order chi connectivity index (χ1) is 5.31. The fraction of sp³-hybridized carbons (Fsp3) is 0.778. The Morgan fingerprint density at radius 1 is 1.27 bits per heavy atom. The van der Waals surface area contributed by atoms with E-state index >= 15 is 0 Å². The Morgan fingerprint density at radius 3 is 2.27 bits per heavy atom. The van der Waals surface area contributed by atoms with Gasteiger partial charge in [-0.2, -0.15) is 0 Å². The number of hydrogen-bond acceptors (Lipinski definition) is 2. The lowest BCUT2D eigenvalue weighted by Gasteiger charge is -2.29. The van der Waals surface area contributed by atoms with Crippen LogP contribution < -0.4 is 5.48 Å². The van der Waals surface area contributed by atoms with E-state index < -0.39 is 0 Å².